The SMILES string of the molecule is CCn1nc(-c2ccc(F)cc2Cl)c2c1NCCCC2. The van der Waals surface area contributed by atoms with Crippen LogP contribution in [0.2, 0.25) is 5.02 Å². The van der Waals surface area contributed by atoms with Gasteiger partial charge in [0.05, 0.1) is 10.7 Å². The van der Waals surface area contributed by atoms with Gasteiger partial charge in [0, 0.05) is 24.2 Å². The molecular weight excluding hydrogens is 277 g/mol. The molecule has 106 valence electrons. The lowest BCUT2D eigenvalue weighted by molar-refractivity contribution is 0.628. The van der Waals surface area contributed by atoms with Crippen molar-refractivity contribution in [1.82, 2.24) is 9.78 Å². The summed E-state index contributed by atoms with van der Waals surface area (Å²) in [7, 11) is 0. The summed E-state index contributed by atoms with van der Waals surface area (Å²) < 4.78 is 15.2. The van der Waals surface area contributed by atoms with E-state index in [0.29, 0.717) is 5.02 Å². The molecule has 3 rings (SSSR count). The number of aryl methyl sites for hydroxylation is 1. The second kappa shape index (κ2) is 5.44. The van der Waals surface area contributed by atoms with E-state index in [2.05, 4.69) is 17.3 Å². The maximum atomic E-state index is 13.2. The van der Waals surface area contributed by atoms with Crippen molar-refractivity contribution < 1.29 is 4.39 Å². The molecule has 0 radical (unpaired) electrons. The van der Waals surface area contributed by atoms with E-state index in [-0.39, 0.29) is 5.82 Å². The van der Waals surface area contributed by atoms with Crippen LogP contribution in [0, 0.1) is 5.82 Å². The number of halogens is 2. The number of aromatic nitrogens is 2. The Morgan fingerprint density at radius 3 is 3.00 bits per heavy atom. The zero-order chi connectivity index (χ0) is 14.1. The van der Waals surface area contributed by atoms with Gasteiger partial charge in [-0.25, -0.2) is 9.07 Å². The first kappa shape index (κ1) is 13.4. The van der Waals surface area contributed by atoms with Gasteiger partial charge in [-0.05, 0) is 44.4 Å². The molecule has 1 aliphatic heterocycles. The van der Waals surface area contributed by atoms with Crippen LogP contribution in [0.5, 0.6) is 0 Å². The Morgan fingerprint density at radius 1 is 1.40 bits per heavy atom. The Kier molecular flexibility index (Phi) is 3.66. The maximum absolute atomic E-state index is 13.2. The molecule has 1 aromatic carbocycles. The Morgan fingerprint density at radius 2 is 2.25 bits per heavy atom. The summed E-state index contributed by atoms with van der Waals surface area (Å²) in [6, 6.07) is 4.49. The summed E-state index contributed by atoms with van der Waals surface area (Å²) in [6.07, 6.45) is 3.25. The molecule has 0 unspecified atom stereocenters. The molecule has 20 heavy (non-hydrogen) atoms. The van der Waals surface area contributed by atoms with Crippen molar-refractivity contribution in [3.8, 4) is 11.3 Å². The van der Waals surface area contributed by atoms with Gasteiger partial charge in [-0.2, -0.15) is 5.10 Å². The molecule has 5 heteroatoms. The number of hydrogen-bond donors (Lipinski definition) is 1. The third-order valence-electron chi connectivity index (χ3n) is 3.68. The molecule has 2 aromatic rings. The molecule has 1 N–H and O–H groups in total. The van der Waals surface area contributed by atoms with Crippen molar-refractivity contribution >= 4 is 17.4 Å². The lowest BCUT2D eigenvalue weighted by Gasteiger charge is -2.06. The number of nitrogens with one attached hydrogen (secondary N) is 1. The molecule has 0 fully saturated rings. The van der Waals surface area contributed by atoms with Gasteiger partial charge in [0.25, 0.3) is 0 Å². The molecule has 0 saturated carbocycles. The first-order valence-electron chi connectivity index (χ1n) is 6.99. The van der Waals surface area contributed by atoms with E-state index >= 15 is 0 Å². The third-order valence-corrected chi connectivity index (χ3v) is 4.00. The second-order valence-corrected chi connectivity index (χ2v) is 5.41. The highest BCUT2D eigenvalue weighted by atomic mass is 35.5. The van der Waals surface area contributed by atoms with Crippen LogP contribution in [-0.4, -0.2) is 16.3 Å². The fourth-order valence-electron chi connectivity index (χ4n) is 2.69. The Hall–Kier alpha value is -1.55. The van der Waals surface area contributed by atoms with Gasteiger partial charge < -0.3 is 5.32 Å². The summed E-state index contributed by atoms with van der Waals surface area (Å²) >= 11 is 6.19. The first-order valence-corrected chi connectivity index (χ1v) is 7.37. The van der Waals surface area contributed by atoms with E-state index in [0.717, 1.165) is 49.4 Å². The second-order valence-electron chi connectivity index (χ2n) is 5.00. The van der Waals surface area contributed by atoms with Crippen LogP contribution in [0.3, 0.4) is 0 Å². The first-order chi connectivity index (χ1) is 9.70. The number of fused-ring (bicyclic) bond motifs is 1. The van der Waals surface area contributed by atoms with Crippen LogP contribution < -0.4 is 5.32 Å². The van der Waals surface area contributed by atoms with Crippen molar-refractivity contribution in [2.75, 3.05) is 11.9 Å². The monoisotopic (exact) mass is 293 g/mol. The quantitative estimate of drug-likeness (QED) is 0.903. The van der Waals surface area contributed by atoms with Crippen molar-refractivity contribution in [2.45, 2.75) is 32.7 Å². The van der Waals surface area contributed by atoms with Crippen molar-refractivity contribution in [2.24, 2.45) is 0 Å². The van der Waals surface area contributed by atoms with Crippen LogP contribution >= 0.6 is 11.6 Å². The molecule has 1 aromatic heterocycles. The molecule has 0 amide bonds. The predicted octanol–water partition coefficient (Wildman–Crippen LogP) is 4.11. The molecule has 0 bridgehead atoms. The molecule has 0 aliphatic carbocycles. The topological polar surface area (TPSA) is 29.9 Å². The van der Waals surface area contributed by atoms with Gasteiger partial charge in [-0.15, -0.1) is 0 Å². The highest BCUT2D eigenvalue weighted by Gasteiger charge is 2.21. The standard InChI is InChI=1S/C15H17ClFN3/c1-2-20-15-12(5-3-4-8-18-15)14(19-20)11-7-6-10(17)9-13(11)16/h6-7,9,18H,2-5,8H2,1H3. The summed E-state index contributed by atoms with van der Waals surface area (Å²) in [5, 5.41) is 8.52. The minimum Gasteiger partial charge on any atom is -0.370 e. The minimum absolute atomic E-state index is 0.321. The highest BCUT2D eigenvalue weighted by molar-refractivity contribution is 6.33. The van der Waals surface area contributed by atoms with Crippen molar-refractivity contribution in [3.63, 3.8) is 0 Å². The van der Waals surface area contributed by atoms with Crippen LogP contribution in [0.25, 0.3) is 11.3 Å². The lowest BCUT2D eigenvalue weighted by Crippen LogP contribution is -2.07. The van der Waals surface area contributed by atoms with Gasteiger partial charge in [-0.3, -0.25) is 0 Å². The average Bonchev–Trinajstić information content (AvgIpc) is 2.60. The fraction of sp³-hybridized carbons (Fsp3) is 0.400. The Labute approximate surface area is 122 Å². The molecule has 0 spiro atoms. The Balaban J connectivity index is 2.16. The molecule has 0 atom stereocenters. The zero-order valence-corrected chi connectivity index (χ0v) is 12.2. The maximum Gasteiger partial charge on any atom is 0.128 e. The highest BCUT2D eigenvalue weighted by Crippen LogP contribution is 2.35. The van der Waals surface area contributed by atoms with Gasteiger partial charge in [0.15, 0.2) is 0 Å². The fourth-order valence-corrected chi connectivity index (χ4v) is 2.95. The van der Waals surface area contributed by atoms with E-state index in [9.17, 15) is 4.39 Å². The van der Waals surface area contributed by atoms with Crippen LogP contribution in [-0.2, 0) is 13.0 Å². The van der Waals surface area contributed by atoms with E-state index in [4.69, 9.17) is 11.6 Å². The van der Waals surface area contributed by atoms with Gasteiger partial charge >= 0.3 is 0 Å². The van der Waals surface area contributed by atoms with Gasteiger partial charge in [0.1, 0.15) is 11.6 Å². The zero-order valence-electron chi connectivity index (χ0n) is 11.4. The predicted molar refractivity (Wildman–Crippen MR) is 79.7 cm³/mol. The normalized spacial score (nSPS) is 14.6. The Bertz CT molecular complexity index is 636. The van der Waals surface area contributed by atoms with Crippen molar-refractivity contribution in [1.29, 1.82) is 0 Å². The minimum atomic E-state index is -0.321. The number of anilines is 1. The van der Waals surface area contributed by atoms with E-state index in [1.54, 1.807) is 6.07 Å². The van der Waals surface area contributed by atoms with E-state index in [1.165, 1.54) is 17.7 Å². The number of nitrogens with zero attached hydrogens (tertiary/aromatic N) is 2. The summed E-state index contributed by atoms with van der Waals surface area (Å²) in [4.78, 5) is 0. The third kappa shape index (κ3) is 2.29. The van der Waals surface area contributed by atoms with Gasteiger partial charge in [-0.1, -0.05) is 11.6 Å². The van der Waals surface area contributed by atoms with Crippen molar-refractivity contribution in [3.05, 3.63) is 34.6 Å². The molecule has 3 nitrogen and oxygen atoms in total. The molecular formula is C15H17ClFN3. The number of hydrogen-bond acceptors (Lipinski definition) is 2. The number of benzene rings is 1. The lowest BCUT2D eigenvalue weighted by atomic mass is 10.0. The van der Waals surface area contributed by atoms with Crippen LogP contribution in [0.4, 0.5) is 10.2 Å². The summed E-state index contributed by atoms with van der Waals surface area (Å²) in [5.41, 5.74) is 2.87. The van der Waals surface area contributed by atoms with E-state index < -0.39 is 0 Å². The van der Waals surface area contributed by atoms with Crippen LogP contribution in [0.15, 0.2) is 18.2 Å². The molecule has 1 aliphatic rings. The molecule has 0 saturated heterocycles. The largest absolute Gasteiger partial charge is 0.370 e. The summed E-state index contributed by atoms with van der Waals surface area (Å²) in [6.45, 7) is 3.83. The summed E-state index contributed by atoms with van der Waals surface area (Å²) in [5.74, 6) is 0.762. The van der Waals surface area contributed by atoms with Crippen LogP contribution in [0.1, 0.15) is 25.3 Å². The smallest absolute Gasteiger partial charge is 0.128 e. The average molecular weight is 294 g/mol. The van der Waals surface area contributed by atoms with Gasteiger partial charge in [0.2, 0.25) is 0 Å². The molecule has 2 heterocycles. The number of rotatable bonds is 2. The van der Waals surface area contributed by atoms with E-state index in [1.807, 2.05) is 4.68 Å².